The molecule has 0 atom stereocenters. The van der Waals surface area contributed by atoms with Crippen molar-refractivity contribution < 1.29 is 0 Å². The van der Waals surface area contributed by atoms with Gasteiger partial charge in [0, 0.05) is 17.8 Å². The van der Waals surface area contributed by atoms with Gasteiger partial charge in [-0.1, -0.05) is 31.0 Å². The summed E-state index contributed by atoms with van der Waals surface area (Å²) in [5, 5.41) is 2.68. The first kappa shape index (κ1) is 8.90. The maximum Gasteiger partial charge on any atom is 0.0349 e. The second-order valence-corrected chi connectivity index (χ2v) is 4.43. The molecule has 2 aromatic rings. The van der Waals surface area contributed by atoms with Crippen molar-refractivity contribution in [2.75, 3.05) is 0 Å². The molecule has 1 aromatic heterocycles. The molecule has 1 aliphatic carbocycles. The third-order valence-corrected chi connectivity index (χ3v) is 3.51. The van der Waals surface area contributed by atoms with E-state index in [1.165, 1.54) is 42.0 Å². The second kappa shape index (κ2) is 3.65. The molecule has 0 bridgehead atoms. The van der Waals surface area contributed by atoms with Crippen LogP contribution in [0.3, 0.4) is 0 Å². The highest BCUT2D eigenvalue weighted by Gasteiger charge is 2.18. The van der Waals surface area contributed by atoms with Crippen LogP contribution in [0.5, 0.6) is 0 Å². The predicted molar refractivity (Wildman–Crippen MR) is 63.0 cm³/mol. The van der Waals surface area contributed by atoms with Crippen molar-refractivity contribution in [3.63, 3.8) is 0 Å². The van der Waals surface area contributed by atoms with Crippen LogP contribution in [-0.2, 0) is 0 Å². The van der Waals surface area contributed by atoms with Crippen LogP contribution in [-0.4, -0.2) is 4.98 Å². The third kappa shape index (κ3) is 1.52. The molecular weight excluding hydrogens is 182 g/mol. The van der Waals surface area contributed by atoms with Gasteiger partial charge in [-0.05, 0) is 35.8 Å². The van der Waals surface area contributed by atoms with Crippen LogP contribution in [0, 0.1) is 0 Å². The Hall–Kier alpha value is -1.37. The predicted octanol–water partition coefficient (Wildman–Crippen LogP) is 3.89. The van der Waals surface area contributed by atoms with Gasteiger partial charge >= 0.3 is 0 Å². The van der Waals surface area contributed by atoms with E-state index in [4.69, 9.17) is 0 Å². The molecule has 1 fully saturated rings. The summed E-state index contributed by atoms with van der Waals surface area (Å²) in [5.74, 6) is 0.776. The van der Waals surface area contributed by atoms with E-state index in [1.54, 1.807) is 0 Å². The Balaban J connectivity index is 2.16. The van der Waals surface area contributed by atoms with Crippen LogP contribution in [0.25, 0.3) is 10.8 Å². The first-order valence-corrected chi connectivity index (χ1v) is 5.78. The number of hydrogen-bond donors (Lipinski definition) is 0. The van der Waals surface area contributed by atoms with Gasteiger partial charge in [0.05, 0.1) is 0 Å². The van der Waals surface area contributed by atoms with Gasteiger partial charge in [-0.3, -0.25) is 4.98 Å². The molecular formula is C14H15N. The number of rotatable bonds is 1. The number of pyridine rings is 1. The van der Waals surface area contributed by atoms with E-state index in [1.807, 2.05) is 12.4 Å². The van der Waals surface area contributed by atoms with Crippen molar-refractivity contribution in [2.45, 2.75) is 31.6 Å². The summed E-state index contributed by atoms with van der Waals surface area (Å²) in [6.45, 7) is 0. The van der Waals surface area contributed by atoms with Crippen molar-refractivity contribution >= 4 is 10.8 Å². The lowest BCUT2D eigenvalue weighted by atomic mass is 9.93. The number of aromatic nitrogens is 1. The summed E-state index contributed by atoms with van der Waals surface area (Å²) in [6.07, 6.45) is 9.38. The van der Waals surface area contributed by atoms with Gasteiger partial charge in [-0.2, -0.15) is 0 Å². The molecule has 0 amide bonds. The highest BCUT2D eigenvalue weighted by Crippen LogP contribution is 2.37. The number of fused-ring (bicyclic) bond motifs is 1. The summed E-state index contributed by atoms with van der Waals surface area (Å²) >= 11 is 0. The SMILES string of the molecule is c1cc(C2CCCC2)c2cnccc2c1. The Labute approximate surface area is 90.2 Å². The van der Waals surface area contributed by atoms with Crippen molar-refractivity contribution in [3.8, 4) is 0 Å². The Kier molecular flexibility index (Phi) is 2.17. The minimum Gasteiger partial charge on any atom is -0.264 e. The Bertz CT molecular complexity index is 464. The quantitative estimate of drug-likeness (QED) is 0.675. The van der Waals surface area contributed by atoms with Crippen LogP contribution < -0.4 is 0 Å². The van der Waals surface area contributed by atoms with Crippen LogP contribution >= 0.6 is 0 Å². The van der Waals surface area contributed by atoms with Crippen LogP contribution in [0.1, 0.15) is 37.2 Å². The molecule has 0 unspecified atom stereocenters. The second-order valence-electron chi connectivity index (χ2n) is 4.43. The standard InChI is InChI=1S/C14H15N/c1-2-5-11(4-1)13-7-3-6-12-8-9-15-10-14(12)13/h3,6-11H,1-2,4-5H2. The maximum absolute atomic E-state index is 4.24. The molecule has 76 valence electrons. The molecule has 0 spiro atoms. The normalized spacial score (nSPS) is 17.3. The van der Waals surface area contributed by atoms with Crippen molar-refractivity contribution in [1.29, 1.82) is 0 Å². The lowest BCUT2D eigenvalue weighted by Gasteiger charge is -2.12. The molecule has 0 N–H and O–H groups in total. The van der Waals surface area contributed by atoms with Crippen LogP contribution in [0.4, 0.5) is 0 Å². The maximum atomic E-state index is 4.24. The third-order valence-electron chi connectivity index (χ3n) is 3.51. The molecule has 1 saturated carbocycles. The lowest BCUT2D eigenvalue weighted by molar-refractivity contribution is 0.729. The van der Waals surface area contributed by atoms with Gasteiger partial charge in [-0.15, -0.1) is 0 Å². The number of nitrogens with zero attached hydrogens (tertiary/aromatic N) is 1. The summed E-state index contributed by atoms with van der Waals surface area (Å²) in [7, 11) is 0. The Morgan fingerprint density at radius 3 is 2.80 bits per heavy atom. The average Bonchev–Trinajstić information content (AvgIpc) is 2.82. The van der Waals surface area contributed by atoms with Crippen molar-refractivity contribution in [3.05, 3.63) is 42.2 Å². The van der Waals surface area contributed by atoms with Gasteiger partial charge in [0.1, 0.15) is 0 Å². The lowest BCUT2D eigenvalue weighted by Crippen LogP contribution is -1.93. The average molecular weight is 197 g/mol. The first-order valence-electron chi connectivity index (χ1n) is 5.78. The fraction of sp³-hybridized carbons (Fsp3) is 0.357. The molecule has 0 saturated heterocycles. The fourth-order valence-electron chi connectivity index (χ4n) is 2.73. The summed E-state index contributed by atoms with van der Waals surface area (Å²) < 4.78 is 0. The molecule has 1 aliphatic rings. The highest BCUT2D eigenvalue weighted by molar-refractivity contribution is 5.85. The zero-order valence-corrected chi connectivity index (χ0v) is 8.82. The Morgan fingerprint density at radius 1 is 1.07 bits per heavy atom. The summed E-state index contributed by atoms with van der Waals surface area (Å²) in [5.41, 5.74) is 1.51. The highest BCUT2D eigenvalue weighted by atomic mass is 14.6. The van der Waals surface area contributed by atoms with E-state index < -0.39 is 0 Å². The zero-order chi connectivity index (χ0) is 10.1. The van der Waals surface area contributed by atoms with Gasteiger partial charge in [-0.25, -0.2) is 0 Å². The van der Waals surface area contributed by atoms with E-state index in [2.05, 4.69) is 29.2 Å². The monoisotopic (exact) mass is 197 g/mol. The largest absolute Gasteiger partial charge is 0.264 e. The molecule has 3 rings (SSSR count). The Morgan fingerprint density at radius 2 is 1.93 bits per heavy atom. The van der Waals surface area contributed by atoms with E-state index in [-0.39, 0.29) is 0 Å². The topological polar surface area (TPSA) is 12.9 Å². The minimum atomic E-state index is 0.776. The summed E-state index contributed by atoms with van der Waals surface area (Å²) in [4.78, 5) is 4.24. The van der Waals surface area contributed by atoms with E-state index in [0.29, 0.717) is 0 Å². The zero-order valence-electron chi connectivity index (χ0n) is 8.82. The van der Waals surface area contributed by atoms with Gasteiger partial charge in [0.25, 0.3) is 0 Å². The van der Waals surface area contributed by atoms with Crippen LogP contribution in [0.2, 0.25) is 0 Å². The van der Waals surface area contributed by atoms with Crippen molar-refractivity contribution in [1.82, 2.24) is 4.98 Å². The fourth-order valence-corrected chi connectivity index (χ4v) is 2.73. The molecule has 1 aromatic carbocycles. The molecule has 1 heteroatoms. The van der Waals surface area contributed by atoms with Gasteiger partial charge in [0.2, 0.25) is 0 Å². The van der Waals surface area contributed by atoms with Gasteiger partial charge < -0.3 is 0 Å². The minimum absolute atomic E-state index is 0.776. The van der Waals surface area contributed by atoms with E-state index in [0.717, 1.165) is 5.92 Å². The molecule has 1 nitrogen and oxygen atoms in total. The van der Waals surface area contributed by atoms with E-state index in [9.17, 15) is 0 Å². The first-order chi connectivity index (χ1) is 7.45. The van der Waals surface area contributed by atoms with E-state index >= 15 is 0 Å². The molecule has 0 aliphatic heterocycles. The molecule has 15 heavy (non-hydrogen) atoms. The summed E-state index contributed by atoms with van der Waals surface area (Å²) in [6, 6.07) is 8.74. The number of benzene rings is 1. The number of hydrogen-bond acceptors (Lipinski definition) is 1. The van der Waals surface area contributed by atoms with Crippen molar-refractivity contribution in [2.24, 2.45) is 0 Å². The van der Waals surface area contributed by atoms with Crippen LogP contribution in [0.15, 0.2) is 36.7 Å². The molecule has 1 heterocycles. The van der Waals surface area contributed by atoms with Gasteiger partial charge in [0.15, 0.2) is 0 Å². The molecule has 0 radical (unpaired) electrons. The smallest absolute Gasteiger partial charge is 0.0349 e.